The van der Waals surface area contributed by atoms with Gasteiger partial charge in [0.15, 0.2) is 0 Å². The Morgan fingerprint density at radius 3 is 2.80 bits per heavy atom. The Morgan fingerprint density at radius 2 is 2.12 bits per heavy atom. The molecular formula is C18H26N6O. The second kappa shape index (κ2) is 6.54. The first-order valence-electron chi connectivity index (χ1n) is 9.21. The minimum Gasteiger partial charge on any atom is -0.355 e. The number of nitrogens with one attached hydrogen (secondary N) is 1. The maximum Gasteiger partial charge on any atom is 0.254 e. The van der Waals surface area contributed by atoms with Gasteiger partial charge in [0.2, 0.25) is 0 Å². The van der Waals surface area contributed by atoms with Crippen LogP contribution in [0.1, 0.15) is 54.2 Å². The van der Waals surface area contributed by atoms with Gasteiger partial charge in [-0.25, -0.2) is 0 Å². The summed E-state index contributed by atoms with van der Waals surface area (Å²) in [6, 6.07) is 2.75. The summed E-state index contributed by atoms with van der Waals surface area (Å²) in [5.41, 5.74) is 1.69. The number of hydrogen-bond acceptors (Lipinski definition) is 4. The molecule has 1 atom stereocenters. The van der Waals surface area contributed by atoms with Gasteiger partial charge in [-0.05, 0) is 39.0 Å². The summed E-state index contributed by atoms with van der Waals surface area (Å²) in [6.45, 7) is 3.83. The standard InChI is InChI=1S/C18H26N6O/c1-13-9-17(22(2)21-13)23-8-4-5-15(12-23)20-18(25)14-10-19-24(11-14)16-6-3-7-16/h9-11,15-16H,3-8,12H2,1-2H3,(H,20,25). The van der Waals surface area contributed by atoms with Gasteiger partial charge >= 0.3 is 0 Å². The van der Waals surface area contributed by atoms with Crippen LogP contribution in [0.2, 0.25) is 0 Å². The first kappa shape index (κ1) is 16.2. The lowest BCUT2D eigenvalue weighted by Crippen LogP contribution is -2.48. The number of nitrogens with zero attached hydrogens (tertiary/aromatic N) is 5. The van der Waals surface area contributed by atoms with Gasteiger partial charge in [-0.1, -0.05) is 0 Å². The van der Waals surface area contributed by atoms with E-state index in [0.717, 1.165) is 37.4 Å². The first-order valence-corrected chi connectivity index (χ1v) is 9.21. The molecule has 2 aromatic heterocycles. The van der Waals surface area contributed by atoms with Crippen molar-refractivity contribution in [3.05, 3.63) is 29.7 Å². The van der Waals surface area contributed by atoms with E-state index >= 15 is 0 Å². The summed E-state index contributed by atoms with van der Waals surface area (Å²) in [6.07, 6.45) is 9.27. The average Bonchev–Trinajstić information content (AvgIpc) is 3.13. The SMILES string of the molecule is Cc1cc(N2CCCC(NC(=O)c3cnn(C4CCC4)c3)C2)n(C)n1. The summed E-state index contributed by atoms with van der Waals surface area (Å²) in [5, 5.41) is 12.0. The third-order valence-electron chi connectivity index (χ3n) is 5.37. The molecular weight excluding hydrogens is 316 g/mol. The molecule has 2 fully saturated rings. The van der Waals surface area contributed by atoms with Gasteiger partial charge in [0.25, 0.3) is 5.91 Å². The second-order valence-corrected chi connectivity index (χ2v) is 7.32. The van der Waals surface area contributed by atoms with E-state index in [1.54, 1.807) is 6.20 Å². The van der Waals surface area contributed by atoms with Crippen LogP contribution in [0.3, 0.4) is 0 Å². The highest BCUT2D eigenvalue weighted by molar-refractivity contribution is 5.93. The van der Waals surface area contributed by atoms with Crippen LogP contribution in [0.5, 0.6) is 0 Å². The van der Waals surface area contributed by atoms with Gasteiger partial charge in [0.1, 0.15) is 5.82 Å². The topological polar surface area (TPSA) is 68.0 Å². The Balaban J connectivity index is 1.39. The van der Waals surface area contributed by atoms with Crippen LogP contribution >= 0.6 is 0 Å². The molecule has 1 aliphatic heterocycles. The Bertz CT molecular complexity index is 759. The van der Waals surface area contributed by atoms with Gasteiger partial charge in [-0.3, -0.25) is 14.2 Å². The van der Waals surface area contributed by atoms with E-state index in [0.29, 0.717) is 11.6 Å². The Labute approximate surface area is 148 Å². The highest BCUT2D eigenvalue weighted by atomic mass is 16.1. The number of aromatic nitrogens is 4. The first-order chi connectivity index (χ1) is 12.1. The fourth-order valence-electron chi connectivity index (χ4n) is 3.77. The van der Waals surface area contributed by atoms with Gasteiger partial charge in [0, 0.05) is 38.4 Å². The summed E-state index contributed by atoms with van der Waals surface area (Å²) in [5.74, 6) is 1.10. The Hall–Kier alpha value is -2.31. The summed E-state index contributed by atoms with van der Waals surface area (Å²) in [4.78, 5) is 14.9. The van der Waals surface area contributed by atoms with E-state index in [2.05, 4.69) is 26.5 Å². The highest BCUT2D eigenvalue weighted by Gasteiger charge is 2.25. The molecule has 1 N–H and O–H groups in total. The van der Waals surface area contributed by atoms with Crippen molar-refractivity contribution < 1.29 is 4.79 Å². The van der Waals surface area contributed by atoms with Crippen molar-refractivity contribution in [3.63, 3.8) is 0 Å². The number of carbonyl (C=O) groups excluding carboxylic acids is 1. The fraction of sp³-hybridized carbons (Fsp3) is 0.611. The fourth-order valence-corrected chi connectivity index (χ4v) is 3.77. The third kappa shape index (κ3) is 3.27. The molecule has 4 rings (SSSR count). The number of anilines is 1. The van der Waals surface area contributed by atoms with Crippen LogP contribution < -0.4 is 10.2 Å². The molecule has 7 nitrogen and oxygen atoms in total. The highest BCUT2D eigenvalue weighted by Crippen LogP contribution is 2.30. The van der Waals surface area contributed by atoms with E-state index < -0.39 is 0 Å². The molecule has 0 spiro atoms. The lowest BCUT2D eigenvalue weighted by molar-refractivity contribution is 0.0933. The molecule has 0 bridgehead atoms. The smallest absolute Gasteiger partial charge is 0.254 e. The minimum atomic E-state index is -0.0152. The molecule has 25 heavy (non-hydrogen) atoms. The molecule has 1 aliphatic carbocycles. The van der Waals surface area contributed by atoms with E-state index in [1.165, 1.54) is 19.3 Å². The van der Waals surface area contributed by atoms with Crippen LogP contribution in [-0.4, -0.2) is 44.6 Å². The van der Waals surface area contributed by atoms with Crippen molar-refractivity contribution in [1.82, 2.24) is 24.9 Å². The van der Waals surface area contributed by atoms with Crippen molar-refractivity contribution in [1.29, 1.82) is 0 Å². The number of amides is 1. The Kier molecular flexibility index (Phi) is 4.23. The van der Waals surface area contributed by atoms with Crippen LogP contribution in [-0.2, 0) is 7.05 Å². The van der Waals surface area contributed by atoms with Gasteiger partial charge in [0.05, 0.1) is 23.5 Å². The van der Waals surface area contributed by atoms with E-state index in [9.17, 15) is 4.79 Å². The van der Waals surface area contributed by atoms with E-state index in [4.69, 9.17) is 0 Å². The maximum atomic E-state index is 12.6. The third-order valence-corrected chi connectivity index (χ3v) is 5.37. The van der Waals surface area contributed by atoms with E-state index in [-0.39, 0.29) is 11.9 Å². The molecule has 1 saturated heterocycles. The molecule has 0 radical (unpaired) electrons. The summed E-state index contributed by atoms with van der Waals surface area (Å²) in [7, 11) is 1.97. The van der Waals surface area contributed by atoms with Crippen LogP contribution in [0.15, 0.2) is 18.5 Å². The molecule has 2 aromatic rings. The van der Waals surface area contributed by atoms with Crippen LogP contribution in [0.25, 0.3) is 0 Å². The van der Waals surface area contributed by atoms with Crippen LogP contribution in [0.4, 0.5) is 5.82 Å². The molecule has 134 valence electrons. The lowest BCUT2D eigenvalue weighted by atomic mass is 9.93. The average molecular weight is 342 g/mol. The largest absolute Gasteiger partial charge is 0.355 e. The van der Waals surface area contributed by atoms with Gasteiger partial charge < -0.3 is 10.2 Å². The second-order valence-electron chi connectivity index (χ2n) is 7.32. The zero-order valence-corrected chi connectivity index (χ0v) is 15.0. The van der Waals surface area contributed by atoms with E-state index in [1.807, 2.05) is 29.5 Å². The van der Waals surface area contributed by atoms with Crippen molar-refractivity contribution in [2.75, 3.05) is 18.0 Å². The number of carbonyl (C=O) groups is 1. The van der Waals surface area contributed by atoms with Gasteiger partial charge in [-0.2, -0.15) is 10.2 Å². The molecule has 1 saturated carbocycles. The zero-order valence-electron chi connectivity index (χ0n) is 15.0. The number of aryl methyl sites for hydroxylation is 2. The number of piperidine rings is 1. The summed E-state index contributed by atoms with van der Waals surface area (Å²) < 4.78 is 3.87. The van der Waals surface area contributed by atoms with Crippen LogP contribution in [0, 0.1) is 6.92 Å². The molecule has 3 heterocycles. The quantitative estimate of drug-likeness (QED) is 0.923. The Morgan fingerprint density at radius 1 is 1.28 bits per heavy atom. The molecule has 1 amide bonds. The monoisotopic (exact) mass is 342 g/mol. The molecule has 0 aromatic carbocycles. The maximum absolute atomic E-state index is 12.6. The predicted octanol–water partition coefficient (Wildman–Crippen LogP) is 2.05. The molecule has 1 unspecified atom stereocenters. The molecule has 7 heteroatoms. The van der Waals surface area contributed by atoms with Crippen molar-refractivity contribution in [2.24, 2.45) is 7.05 Å². The summed E-state index contributed by atoms with van der Waals surface area (Å²) >= 11 is 0. The molecule has 2 aliphatic rings. The lowest BCUT2D eigenvalue weighted by Gasteiger charge is -2.34. The normalized spacial score (nSPS) is 21.2. The number of rotatable bonds is 4. The number of hydrogen-bond donors (Lipinski definition) is 1. The van der Waals surface area contributed by atoms with Gasteiger partial charge in [-0.15, -0.1) is 0 Å². The predicted molar refractivity (Wildman–Crippen MR) is 95.8 cm³/mol. The zero-order chi connectivity index (χ0) is 17.4. The van der Waals surface area contributed by atoms with Crippen molar-refractivity contribution in [2.45, 2.75) is 51.1 Å². The van der Waals surface area contributed by atoms with Crippen molar-refractivity contribution >= 4 is 11.7 Å². The minimum absolute atomic E-state index is 0.0152. The van der Waals surface area contributed by atoms with Crippen molar-refractivity contribution in [3.8, 4) is 0 Å².